The molecular weight excluding hydrogens is 296 g/mol. The smallest absolute Gasteiger partial charge is 0.143 e. The van der Waals surface area contributed by atoms with Gasteiger partial charge in [0.15, 0.2) is 0 Å². The number of hydrogen-bond acceptors (Lipinski definition) is 1. The average molecular weight is 322 g/mol. The van der Waals surface area contributed by atoms with E-state index in [2.05, 4.69) is 60.3 Å². The highest BCUT2D eigenvalue weighted by Crippen LogP contribution is 2.30. The molecule has 1 fully saturated rings. The zero-order valence-corrected chi connectivity index (χ0v) is 14.5. The van der Waals surface area contributed by atoms with Gasteiger partial charge in [-0.1, -0.05) is 18.2 Å². The lowest BCUT2D eigenvalue weighted by atomic mass is 9.95. The van der Waals surface area contributed by atoms with Crippen LogP contribution in [0, 0.1) is 6.92 Å². The summed E-state index contributed by atoms with van der Waals surface area (Å²) in [4.78, 5) is 11.3. The summed E-state index contributed by atoms with van der Waals surface area (Å²) in [7, 11) is 2.30. The summed E-state index contributed by atoms with van der Waals surface area (Å²) in [6.07, 6.45) is 3.91. The first-order chi connectivity index (χ1) is 11.7. The molecule has 1 atom stereocenters. The van der Waals surface area contributed by atoms with Crippen LogP contribution in [0.4, 0.5) is 0 Å². The van der Waals surface area contributed by atoms with Crippen LogP contribution in [0.25, 0.3) is 10.9 Å². The quantitative estimate of drug-likeness (QED) is 0.641. The van der Waals surface area contributed by atoms with Crippen LogP contribution in [0.3, 0.4) is 0 Å². The fraction of sp³-hybridized carbons (Fsp3) is 0.350. The minimum absolute atomic E-state index is 0.350. The number of nitrogens with zero attached hydrogens (tertiary/aromatic N) is 1. The number of H-pyrrole nitrogens is 1. The Labute approximate surface area is 143 Å². The van der Waals surface area contributed by atoms with E-state index in [9.17, 15) is 0 Å². The lowest BCUT2D eigenvalue weighted by Crippen LogP contribution is -3.27. The van der Waals surface area contributed by atoms with Crippen molar-refractivity contribution in [1.82, 2.24) is 9.97 Å². The van der Waals surface area contributed by atoms with E-state index >= 15 is 0 Å². The third-order valence-electron chi connectivity index (χ3n) is 5.40. The van der Waals surface area contributed by atoms with Gasteiger partial charge in [-0.2, -0.15) is 0 Å². The van der Waals surface area contributed by atoms with Gasteiger partial charge < -0.3 is 14.8 Å². The number of pyridine rings is 1. The number of rotatable bonds is 3. The molecule has 4 rings (SSSR count). The zero-order valence-electron chi connectivity index (χ0n) is 14.5. The Morgan fingerprint density at radius 3 is 2.58 bits per heavy atom. The number of benzene rings is 1. The summed E-state index contributed by atoms with van der Waals surface area (Å²) >= 11 is 0. The molecule has 0 aliphatic carbocycles. The second kappa shape index (κ2) is 6.38. The largest absolute Gasteiger partial charge is 0.358 e. The van der Waals surface area contributed by atoms with Crippen molar-refractivity contribution in [2.75, 3.05) is 33.2 Å². The highest BCUT2D eigenvalue weighted by molar-refractivity contribution is 5.85. The fourth-order valence-corrected chi connectivity index (χ4v) is 4.11. The van der Waals surface area contributed by atoms with Crippen molar-refractivity contribution in [3.05, 3.63) is 65.6 Å². The molecule has 2 aromatic heterocycles. The summed E-state index contributed by atoms with van der Waals surface area (Å²) in [5, 5.41) is 1.35. The monoisotopic (exact) mass is 322 g/mol. The van der Waals surface area contributed by atoms with Gasteiger partial charge in [-0.3, -0.25) is 4.98 Å². The summed E-state index contributed by atoms with van der Waals surface area (Å²) in [5.41, 5.74) is 5.27. The van der Waals surface area contributed by atoms with Crippen LogP contribution in [0.15, 0.2) is 48.8 Å². The molecule has 124 valence electrons. The van der Waals surface area contributed by atoms with E-state index in [0.29, 0.717) is 6.04 Å². The number of para-hydroxylation sites is 1. The van der Waals surface area contributed by atoms with Crippen LogP contribution in [0.5, 0.6) is 0 Å². The maximum absolute atomic E-state index is 4.41. The first kappa shape index (κ1) is 15.4. The fourth-order valence-electron chi connectivity index (χ4n) is 4.11. The van der Waals surface area contributed by atoms with Crippen LogP contribution in [-0.2, 0) is 0 Å². The zero-order chi connectivity index (χ0) is 16.5. The maximum atomic E-state index is 4.41. The van der Waals surface area contributed by atoms with E-state index in [1.165, 1.54) is 53.9 Å². The first-order valence-electron chi connectivity index (χ1n) is 8.87. The number of hydrogen-bond donors (Lipinski definition) is 3. The third kappa shape index (κ3) is 2.72. The van der Waals surface area contributed by atoms with Crippen LogP contribution < -0.4 is 9.80 Å². The molecule has 1 saturated heterocycles. The second-order valence-electron chi connectivity index (χ2n) is 7.04. The molecule has 3 heterocycles. The highest BCUT2D eigenvalue weighted by atomic mass is 15.3. The summed E-state index contributed by atoms with van der Waals surface area (Å²) < 4.78 is 0. The Morgan fingerprint density at radius 2 is 1.83 bits per heavy atom. The summed E-state index contributed by atoms with van der Waals surface area (Å²) in [5.74, 6) is 0. The van der Waals surface area contributed by atoms with Crippen molar-refractivity contribution < 1.29 is 9.80 Å². The van der Waals surface area contributed by atoms with E-state index in [-0.39, 0.29) is 0 Å². The Kier molecular flexibility index (Phi) is 4.08. The molecule has 1 unspecified atom stereocenters. The number of aromatic amines is 1. The topological polar surface area (TPSA) is 37.6 Å². The SMILES string of the molecule is Cc1[nH]c2ccccc2c1C(c1cccnc1)[NH+]1CC[NH+](C)CC1. The third-order valence-corrected chi connectivity index (χ3v) is 5.40. The number of quaternary nitrogens is 2. The van der Waals surface area contributed by atoms with Crippen molar-refractivity contribution in [1.29, 1.82) is 0 Å². The minimum Gasteiger partial charge on any atom is -0.358 e. The predicted octanol–water partition coefficient (Wildman–Crippen LogP) is 0.374. The molecule has 1 aromatic carbocycles. The van der Waals surface area contributed by atoms with Gasteiger partial charge in [0.1, 0.15) is 32.2 Å². The Hall–Kier alpha value is -2.17. The van der Waals surface area contributed by atoms with E-state index in [1.807, 2.05) is 12.4 Å². The van der Waals surface area contributed by atoms with E-state index < -0.39 is 0 Å². The maximum Gasteiger partial charge on any atom is 0.143 e. The number of aryl methyl sites for hydroxylation is 1. The molecule has 0 spiro atoms. The van der Waals surface area contributed by atoms with Crippen molar-refractivity contribution >= 4 is 10.9 Å². The molecule has 3 N–H and O–H groups in total. The molecule has 4 nitrogen and oxygen atoms in total. The van der Waals surface area contributed by atoms with Gasteiger partial charge in [0.2, 0.25) is 0 Å². The molecule has 1 aliphatic heterocycles. The number of aromatic nitrogens is 2. The standard InChI is InChI=1S/C20H24N4/c1-15-19(17-7-3-4-8-18(17)22-15)20(16-6-5-9-21-14-16)24-12-10-23(2)11-13-24/h3-9,14,20,22H,10-13H2,1-2H3/p+2. The van der Waals surface area contributed by atoms with Crippen molar-refractivity contribution in [3.8, 4) is 0 Å². The van der Waals surface area contributed by atoms with Crippen LogP contribution in [0.1, 0.15) is 22.9 Å². The van der Waals surface area contributed by atoms with Crippen LogP contribution in [0.2, 0.25) is 0 Å². The molecule has 0 saturated carbocycles. The van der Waals surface area contributed by atoms with Gasteiger partial charge in [-0.15, -0.1) is 0 Å². The Bertz CT molecular complexity index is 816. The minimum atomic E-state index is 0.350. The van der Waals surface area contributed by atoms with E-state index in [0.717, 1.165) is 0 Å². The molecule has 1 aliphatic rings. The van der Waals surface area contributed by atoms with Gasteiger partial charge in [0, 0.05) is 40.1 Å². The molecule has 24 heavy (non-hydrogen) atoms. The molecule has 0 bridgehead atoms. The van der Waals surface area contributed by atoms with Gasteiger partial charge in [-0.25, -0.2) is 0 Å². The van der Waals surface area contributed by atoms with Gasteiger partial charge in [0.05, 0.1) is 7.05 Å². The lowest BCUT2D eigenvalue weighted by molar-refractivity contribution is -1.02. The van der Waals surface area contributed by atoms with Crippen LogP contribution in [-0.4, -0.2) is 43.2 Å². The Balaban J connectivity index is 1.84. The predicted molar refractivity (Wildman–Crippen MR) is 96.4 cm³/mol. The highest BCUT2D eigenvalue weighted by Gasteiger charge is 2.33. The Morgan fingerprint density at radius 1 is 1.04 bits per heavy atom. The number of nitrogens with one attached hydrogen (secondary N) is 3. The number of likely N-dealkylation sites (N-methyl/N-ethyl adjacent to an activating group) is 1. The van der Waals surface area contributed by atoms with Crippen molar-refractivity contribution in [2.24, 2.45) is 0 Å². The van der Waals surface area contributed by atoms with Gasteiger partial charge in [0.25, 0.3) is 0 Å². The molecule has 0 amide bonds. The van der Waals surface area contributed by atoms with Crippen molar-refractivity contribution in [2.45, 2.75) is 13.0 Å². The normalized spacial score (nSPS) is 22.6. The van der Waals surface area contributed by atoms with E-state index in [4.69, 9.17) is 0 Å². The average Bonchev–Trinajstić information content (AvgIpc) is 2.94. The number of piperazine rings is 1. The lowest BCUT2D eigenvalue weighted by Gasteiger charge is -2.33. The van der Waals surface area contributed by atoms with Crippen LogP contribution >= 0.6 is 0 Å². The molecule has 4 heteroatoms. The number of fused-ring (bicyclic) bond motifs is 1. The first-order valence-corrected chi connectivity index (χ1v) is 8.87. The van der Waals surface area contributed by atoms with Crippen molar-refractivity contribution in [3.63, 3.8) is 0 Å². The second-order valence-corrected chi connectivity index (χ2v) is 7.04. The van der Waals surface area contributed by atoms with Gasteiger partial charge in [-0.05, 0) is 25.1 Å². The molecule has 3 aromatic rings. The van der Waals surface area contributed by atoms with E-state index in [1.54, 1.807) is 9.80 Å². The summed E-state index contributed by atoms with van der Waals surface area (Å²) in [6.45, 7) is 7.06. The molecule has 0 radical (unpaired) electrons. The van der Waals surface area contributed by atoms with Gasteiger partial charge >= 0.3 is 0 Å². The summed E-state index contributed by atoms with van der Waals surface area (Å²) in [6, 6.07) is 13.3. The molecular formula is C20H26N4+2.